The van der Waals surface area contributed by atoms with Gasteiger partial charge in [0.2, 0.25) is 12.1 Å². The number of carboxylic acids is 4. The van der Waals surface area contributed by atoms with E-state index in [9.17, 15) is 29.4 Å². The highest BCUT2D eigenvalue weighted by molar-refractivity contribution is 8.03. The number of carbonyl (C=O) groups is 4. The predicted octanol–water partition coefficient (Wildman–Crippen LogP) is 0.378. The van der Waals surface area contributed by atoms with E-state index in [1.165, 1.54) is 23.1 Å². The second kappa shape index (κ2) is 14.4. The number of anilines is 3. The minimum absolute atomic E-state index is 0. The molecule has 0 bridgehead atoms. The summed E-state index contributed by atoms with van der Waals surface area (Å²) < 4.78 is 2.46. The van der Waals surface area contributed by atoms with Gasteiger partial charge in [0, 0.05) is 28.4 Å². The fourth-order valence-corrected chi connectivity index (χ4v) is 6.07. The standard InChI is InChI=1S/C27H24N4O8S2.ClH/c32-24(33)12-28-16-6-8-20-18(10-16)30(14-26(36)37)22(40-20)4-2-1-3-5-23-31(15-27(38)39)19-11-17(29-13-25(34)35)7-9-21(19)41-23;/h1-11,28-29H,12-15H2,(H3-,32,33,34,35,36,37,38,39);1H. The Bertz CT molecular complexity index is 1620. The molecular formula is C27H25ClN4O8S2. The maximum atomic E-state index is 11.5. The first kappa shape index (κ1) is 32.0. The molecule has 42 heavy (non-hydrogen) atoms. The largest absolute Gasteiger partial charge is 1.00 e. The number of aliphatic carboxylic acids is 4. The van der Waals surface area contributed by atoms with E-state index in [0.29, 0.717) is 32.6 Å². The van der Waals surface area contributed by atoms with Crippen molar-refractivity contribution in [3.63, 3.8) is 0 Å². The van der Waals surface area contributed by atoms with Crippen molar-refractivity contribution in [2.45, 2.75) is 11.4 Å². The number of thioether (sulfide) groups is 1. The van der Waals surface area contributed by atoms with Crippen LogP contribution in [-0.2, 0) is 25.7 Å². The Morgan fingerprint density at radius 3 is 2.14 bits per heavy atom. The van der Waals surface area contributed by atoms with Crippen molar-refractivity contribution in [2.24, 2.45) is 0 Å². The maximum Gasteiger partial charge on any atom is 0.370 e. The Balaban J connectivity index is 0.00000484. The van der Waals surface area contributed by atoms with Crippen LogP contribution in [0.1, 0.15) is 5.01 Å². The number of nitrogens with one attached hydrogen (secondary N) is 2. The van der Waals surface area contributed by atoms with Crippen molar-refractivity contribution in [3.8, 4) is 0 Å². The molecule has 0 saturated heterocycles. The van der Waals surface area contributed by atoms with Crippen LogP contribution in [0.25, 0.3) is 16.3 Å². The topological polar surface area (TPSA) is 180 Å². The molecule has 0 unspecified atom stereocenters. The molecule has 12 nitrogen and oxygen atoms in total. The first-order valence-electron chi connectivity index (χ1n) is 12.1. The summed E-state index contributed by atoms with van der Waals surface area (Å²) in [5.41, 5.74) is 2.43. The lowest BCUT2D eigenvalue weighted by Gasteiger charge is -2.18. The smallest absolute Gasteiger partial charge is 0.370 e. The SMILES string of the molecule is O=C(O)CNc1ccc2c(c1)N(CC(=O)O)C(=CC=CC=Cc1sc3ccc(NCC(=O)O)cc3[n+]1CC(=O)O)S2.[Cl-]. The molecule has 15 heteroatoms. The van der Waals surface area contributed by atoms with Gasteiger partial charge in [0.1, 0.15) is 24.3 Å². The molecule has 0 saturated carbocycles. The maximum absolute atomic E-state index is 11.5. The molecule has 3 aromatic rings. The fourth-order valence-electron chi connectivity index (χ4n) is 3.96. The van der Waals surface area contributed by atoms with Gasteiger partial charge < -0.3 is 48.4 Å². The number of hydrogen-bond acceptors (Lipinski definition) is 9. The number of carboxylic acid groups (broad SMARTS) is 4. The highest BCUT2D eigenvalue weighted by atomic mass is 35.5. The summed E-state index contributed by atoms with van der Waals surface area (Å²) in [5.74, 6) is -4.07. The normalized spacial score (nSPS) is 13.4. The van der Waals surface area contributed by atoms with Crippen molar-refractivity contribution >= 4 is 80.3 Å². The zero-order valence-corrected chi connectivity index (χ0v) is 24.1. The Labute approximate surface area is 253 Å². The Hall–Kier alpha value is -4.53. The molecule has 0 amide bonds. The molecule has 6 N–H and O–H groups in total. The molecule has 0 radical (unpaired) electrons. The number of allylic oxidation sites excluding steroid dienone is 4. The molecule has 1 aliphatic rings. The van der Waals surface area contributed by atoms with Crippen LogP contribution in [0.15, 0.2) is 70.6 Å². The lowest BCUT2D eigenvalue weighted by atomic mass is 10.2. The van der Waals surface area contributed by atoms with Gasteiger partial charge in [0.15, 0.2) is 0 Å². The average Bonchev–Trinajstić information content (AvgIpc) is 3.42. The van der Waals surface area contributed by atoms with E-state index in [1.807, 2.05) is 0 Å². The van der Waals surface area contributed by atoms with Crippen LogP contribution in [-0.4, -0.2) is 63.9 Å². The van der Waals surface area contributed by atoms with Gasteiger partial charge in [-0.25, -0.2) is 4.79 Å². The van der Waals surface area contributed by atoms with Crippen molar-refractivity contribution < 1.29 is 56.6 Å². The van der Waals surface area contributed by atoms with Crippen LogP contribution in [0.5, 0.6) is 0 Å². The van der Waals surface area contributed by atoms with Crippen molar-refractivity contribution in [1.82, 2.24) is 0 Å². The van der Waals surface area contributed by atoms with Crippen LogP contribution in [0.3, 0.4) is 0 Å². The summed E-state index contributed by atoms with van der Waals surface area (Å²) >= 11 is 2.77. The third-order valence-corrected chi connectivity index (χ3v) is 7.90. The number of rotatable bonds is 13. The summed E-state index contributed by atoms with van der Waals surface area (Å²) in [6.07, 6.45) is 8.75. The molecule has 0 fully saturated rings. The highest BCUT2D eigenvalue weighted by Crippen LogP contribution is 2.46. The first-order chi connectivity index (χ1) is 19.6. The van der Waals surface area contributed by atoms with E-state index in [0.717, 1.165) is 9.60 Å². The second-order valence-electron chi connectivity index (χ2n) is 8.61. The lowest BCUT2D eigenvalue weighted by molar-refractivity contribution is -0.657. The number of aromatic nitrogens is 1. The Morgan fingerprint density at radius 1 is 0.833 bits per heavy atom. The highest BCUT2D eigenvalue weighted by Gasteiger charge is 2.27. The van der Waals surface area contributed by atoms with E-state index in [-0.39, 0.29) is 38.6 Å². The minimum Gasteiger partial charge on any atom is -1.00 e. The fraction of sp³-hybridized carbons (Fsp3) is 0.148. The van der Waals surface area contributed by atoms with Gasteiger partial charge in [-0.2, -0.15) is 4.57 Å². The second-order valence-corrected chi connectivity index (χ2v) is 10.7. The summed E-state index contributed by atoms with van der Waals surface area (Å²) in [4.78, 5) is 47.3. The van der Waals surface area contributed by atoms with Gasteiger partial charge in [0.05, 0.1) is 10.7 Å². The van der Waals surface area contributed by atoms with Gasteiger partial charge in [-0.15, -0.1) is 0 Å². The summed E-state index contributed by atoms with van der Waals surface area (Å²) in [7, 11) is 0. The van der Waals surface area contributed by atoms with Crippen LogP contribution < -0.4 is 32.5 Å². The monoisotopic (exact) mass is 632 g/mol. The molecule has 1 aliphatic heterocycles. The molecule has 2 heterocycles. The third kappa shape index (κ3) is 8.25. The molecule has 1 aromatic heterocycles. The average molecular weight is 633 g/mol. The van der Waals surface area contributed by atoms with E-state index >= 15 is 0 Å². The number of benzene rings is 2. The van der Waals surface area contributed by atoms with E-state index < -0.39 is 23.9 Å². The molecule has 0 spiro atoms. The summed E-state index contributed by atoms with van der Waals surface area (Å²) in [6, 6.07) is 10.5. The van der Waals surface area contributed by atoms with Gasteiger partial charge in [-0.05, 0) is 36.4 Å². The lowest BCUT2D eigenvalue weighted by Crippen LogP contribution is -3.00. The number of hydrogen-bond donors (Lipinski definition) is 6. The quantitative estimate of drug-likeness (QED) is 0.113. The molecule has 220 valence electrons. The van der Waals surface area contributed by atoms with Crippen LogP contribution in [0.4, 0.5) is 17.1 Å². The van der Waals surface area contributed by atoms with Crippen molar-refractivity contribution in [3.05, 3.63) is 70.7 Å². The number of nitrogens with zero attached hydrogens (tertiary/aromatic N) is 2. The van der Waals surface area contributed by atoms with Gasteiger partial charge >= 0.3 is 23.9 Å². The third-order valence-electron chi connectivity index (χ3n) is 5.63. The van der Waals surface area contributed by atoms with Crippen molar-refractivity contribution in [1.29, 1.82) is 0 Å². The van der Waals surface area contributed by atoms with E-state index in [1.54, 1.807) is 76.2 Å². The zero-order chi connectivity index (χ0) is 29.5. The molecule has 0 aliphatic carbocycles. The van der Waals surface area contributed by atoms with Gasteiger partial charge in [0.25, 0.3) is 5.01 Å². The first-order valence-corrected chi connectivity index (χ1v) is 13.7. The summed E-state index contributed by atoms with van der Waals surface area (Å²) in [6.45, 7) is -1.09. The number of thiazole rings is 1. The van der Waals surface area contributed by atoms with E-state index in [4.69, 9.17) is 10.2 Å². The van der Waals surface area contributed by atoms with Crippen LogP contribution >= 0.6 is 23.1 Å². The predicted molar refractivity (Wildman–Crippen MR) is 155 cm³/mol. The molecule has 4 rings (SSSR count). The molecule has 0 atom stereocenters. The molecular weight excluding hydrogens is 608 g/mol. The van der Waals surface area contributed by atoms with Crippen molar-refractivity contribution in [2.75, 3.05) is 35.2 Å². The van der Waals surface area contributed by atoms with Crippen LogP contribution in [0.2, 0.25) is 0 Å². The van der Waals surface area contributed by atoms with Crippen LogP contribution in [0, 0.1) is 0 Å². The number of halogens is 1. The Morgan fingerprint density at radius 2 is 1.50 bits per heavy atom. The summed E-state index contributed by atoms with van der Waals surface area (Å²) in [5, 5.41) is 43.6. The Kier molecular flexibility index (Phi) is 11.0. The molecule has 2 aromatic carbocycles. The zero-order valence-electron chi connectivity index (χ0n) is 21.7. The van der Waals surface area contributed by atoms with Gasteiger partial charge in [-0.3, -0.25) is 14.4 Å². The minimum atomic E-state index is -1.02. The number of fused-ring (bicyclic) bond motifs is 2. The van der Waals surface area contributed by atoms with Gasteiger partial charge in [-0.1, -0.05) is 41.3 Å². The van der Waals surface area contributed by atoms with E-state index in [2.05, 4.69) is 10.6 Å².